The summed E-state index contributed by atoms with van der Waals surface area (Å²) in [4.78, 5) is 15.9. The van der Waals surface area contributed by atoms with Gasteiger partial charge in [-0.2, -0.15) is 0 Å². The van der Waals surface area contributed by atoms with E-state index in [0.717, 1.165) is 10.7 Å². The number of aromatic nitrogens is 4. The highest BCUT2D eigenvalue weighted by Gasteiger charge is 2.22. The normalized spacial score (nSPS) is 11.1. The molecule has 86 valence electrons. The molecular weight excluding hydrogens is 244 g/mol. The highest BCUT2D eigenvalue weighted by Crippen LogP contribution is 2.26. The molecule has 0 aliphatic rings. The van der Waals surface area contributed by atoms with E-state index < -0.39 is 5.97 Å². The molecule has 0 fully saturated rings. The van der Waals surface area contributed by atoms with Crippen LogP contribution in [-0.2, 0) is 0 Å². The van der Waals surface area contributed by atoms with Crippen molar-refractivity contribution in [3.05, 3.63) is 23.0 Å². The van der Waals surface area contributed by atoms with E-state index in [4.69, 9.17) is 5.11 Å². The first kappa shape index (κ1) is 9.97. The van der Waals surface area contributed by atoms with Crippen LogP contribution in [0.5, 0.6) is 0 Å². The molecule has 3 aromatic rings. The molecule has 0 unspecified atom stereocenters. The monoisotopic (exact) mass is 250 g/mol. The van der Waals surface area contributed by atoms with Crippen molar-refractivity contribution in [3.8, 4) is 11.4 Å². The number of aromatic carboxylic acids is 1. The first-order chi connectivity index (χ1) is 8.18. The Balaban J connectivity index is 2.30. The number of carboxylic acid groups (broad SMARTS) is 1. The lowest BCUT2D eigenvalue weighted by Crippen LogP contribution is -2.00. The summed E-state index contributed by atoms with van der Waals surface area (Å²) >= 11 is 1.47. The van der Waals surface area contributed by atoms with E-state index in [9.17, 15) is 4.79 Å². The summed E-state index contributed by atoms with van der Waals surface area (Å²) in [5, 5.41) is 17.9. The third-order valence-corrected chi connectivity index (χ3v) is 3.31. The highest BCUT2D eigenvalue weighted by molar-refractivity contribution is 7.15. The second-order valence-corrected chi connectivity index (χ2v) is 4.24. The van der Waals surface area contributed by atoms with Crippen LogP contribution in [0.4, 0.5) is 0 Å². The van der Waals surface area contributed by atoms with Crippen LogP contribution < -0.4 is 0 Å². The van der Waals surface area contributed by atoms with E-state index in [1.807, 2.05) is 16.7 Å². The zero-order valence-corrected chi connectivity index (χ0v) is 9.43. The zero-order valence-electron chi connectivity index (χ0n) is 8.62. The number of imidazole rings is 1. The highest BCUT2D eigenvalue weighted by atomic mass is 32.1. The molecule has 1 N–H and O–H groups in total. The third kappa shape index (κ3) is 1.34. The fraction of sp³-hybridized carbons (Fsp3) is 0.111. The van der Waals surface area contributed by atoms with Crippen molar-refractivity contribution >= 4 is 22.3 Å². The van der Waals surface area contributed by atoms with Gasteiger partial charge in [0, 0.05) is 11.1 Å². The second kappa shape index (κ2) is 3.39. The Kier molecular flexibility index (Phi) is 1.99. The number of carbonyl (C=O) groups is 1. The molecule has 0 radical (unpaired) electrons. The first-order valence-electron chi connectivity index (χ1n) is 4.66. The molecule has 0 amide bonds. The lowest BCUT2D eigenvalue weighted by atomic mass is 10.2. The molecular formula is C9H6N4O3S. The Morgan fingerprint density at radius 3 is 3.12 bits per heavy atom. The van der Waals surface area contributed by atoms with E-state index in [-0.39, 0.29) is 11.4 Å². The fourth-order valence-electron chi connectivity index (χ4n) is 1.61. The van der Waals surface area contributed by atoms with Crippen LogP contribution in [-0.4, -0.2) is 30.8 Å². The number of aryl methyl sites for hydroxylation is 1. The summed E-state index contributed by atoms with van der Waals surface area (Å²) in [7, 11) is 0. The van der Waals surface area contributed by atoms with E-state index >= 15 is 0 Å². The van der Waals surface area contributed by atoms with E-state index in [0.29, 0.717) is 5.69 Å². The minimum absolute atomic E-state index is 0.187. The van der Waals surface area contributed by atoms with Gasteiger partial charge in [-0.15, -0.1) is 11.3 Å². The zero-order chi connectivity index (χ0) is 12.0. The van der Waals surface area contributed by atoms with Gasteiger partial charge in [-0.1, -0.05) is 0 Å². The number of thiazole rings is 1. The SMILES string of the molecule is Cc1csc2ncc(-c3nonc3C(=O)O)n12. The summed E-state index contributed by atoms with van der Waals surface area (Å²) in [5.41, 5.74) is 1.50. The van der Waals surface area contributed by atoms with Crippen LogP contribution in [0.1, 0.15) is 16.2 Å². The molecule has 7 nitrogen and oxygen atoms in total. The smallest absolute Gasteiger partial charge is 0.360 e. The molecule has 8 heteroatoms. The van der Waals surface area contributed by atoms with Crippen molar-refractivity contribution in [2.75, 3.05) is 0 Å². The van der Waals surface area contributed by atoms with Crippen molar-refractivity contribution in [1.29, 1.82) is 0 Å². The van der Waals surface area contributed by atoms with Gasteiger partial charge in [-0.25, -0.2) is 14.4 Å². The van der Waals surface area contributed by atoms with Crippen LogP contribution >= 0.6 is 11.3 Å². The molecule has 0 spiro atoms. The number of nitrogens with zero attached hydrogens (tertiary/aromatic N) is 4. The Hall–Kier alpha value is -2.22. The van der Waals surface area contributed by atoms with Crippen LogP contribution in [0.3, 0.4) is 0 Å². The van der Waals surface area contributed by atoms with Crippen LogP contribution in [0, 0.1) is 6.92 Å². The molecule has 0 atom stereocenters. The van der Waals surface area contributed by atoms with Crippen molar-refractivity contribution in [2.24, 2.45) is 0 Å². The van der Waals surface area contributed by atoms with Crippen molar-refractivity contribution in [3.63, 3.8) is 0 Å². The third-order valence-electron chi connectivity index (χ3n) is 2.35. The van der Waals surface area contributed by atoms with Gasteiger partial charge >= 0.3 is 5.97 Å². The minimum Gasteiger partial charge on any atom is -0.476 e. The number of fused-ring (bicyclic) bond motifs is 1. The maximum atomic E-state index is 10.9. The lowest BCUT2D eigenvalue weighted by Gasteiger charge is -1.96. The summed E-state index contributed by atoms with van der Waals surface area (Å²) < 4.78 is 6.29. The molecule has 0 bridgehead atoms. The van der Waals surface area contributed by atoms with Crippen molar-refractivity contribution < 1.29 is 14.5 Å². The van der Waals surface area contributed by atoms with Crippen molar-refractivity contribution in [1.82, 2.24) is 19.7 Å². The minimum atomic E-state index is -1.18. The molecule has 0 aliphatic heterocycles. The van der Waals surface area contributed by atoms with Crippen molar-refractivity contribution in [2.45, 2.75) is 6.92 Å². The Bertz CT molecular complexity index is 711. The van der Waals surface area contributed by atoms with Gasteiger partial charge in [-0.3, -0.25) is 4.40 Å². The van der Waals surface area contributed by atoms with Crippen LogP contribution in [0.25, 0.3) is 16.3 Å². The van der Waals surface area contributed by atoms with Gasteiger partial charge in [0.2, 0.25) is 5.69 Å². The van der Waals surface area contributed by atoms with Crippen LogP contribution in [0.15, 0.2) is 16.2 Å². The first-order valence-corrected chi connectivity index (χ1v) is 5.54. The average Bonchev–Trinajstić information content (AvgIpc) is 2.95. The standard InChI is InChI=1S/C9H6N4O3S/c1-4-3-17-9-10-2-5(13(4)9)6-7(8(14)15)12-16-11-6/h2-3H,1H3,(H,14,15). The summed E-state index contributed by atoms with van der Waals surface area (Å²) in [6, 6.07) is 0. The predicted molar refractivity (Wildman–Crippen MR) is 58.1 cm³/mol. The predicted octanol–water partition coefficient (Wildman–Crippen LogP) is 1.45. The van der Waals surface area contributed by atoms with E-state index in [2.05, 4.69) is 19.9 Å². The lowest BCUT2D eigenvalue weighted by molar-refractivity contribution is 0.0685. The second-order valence-electron chi connectivity index (χ2n) is 3.41. The maximum absolute atomic E-state index is 10.9. The van der Waals surface area contributed by atoms with E-state index in [1.54, 1.807) is 6.20 Å². The van der Waals surface area contributed by atoms with Gasteiger partial charge in [0.25, 0.3) is 0 Å². The molecule has 17 heavy (non-hydrogen) atoms. The fourth-order valence-corrected chi connectivity index (χ4v) is 2.46. The van der Waals surface area contributed by atoms with Gasteiger partial charge in [0.05, 0.1) is 11.9 Å². The topological polar surface area (TPSA) is 93.5 Å². The average molecular weight is 250 g/mol. The summed E-state index contributed by atoms with van der Waals surface area (Å²) in [5.74, 6) is -1.18. The number of rotatable bonds is 2. The number of hydrogen-bond acceptors (Lipinski definition) is 6. The Labute approximate surface area is 98.3 Å². The van der Waals surface area contributed by atoms with Gasteiger partial charge in [0.1, 0.15) is 0 Å². The summed E-state index contributed by atoms with van der Waals surface area (Å²) in [6.45, 7) is 1.91. The van der Waals surface area contributed by atoms with Gasteiger partial charge < -0.3 is 5.11 Å². The van der Waals surface area contributed by atoms with Gasteiger partial charge in [0.15, 0.2) is 10.7 Å². The maximum Gasteiger partial charge on any atom is 0.360 e. The molecule has 3 aromatic heterocycles. The molecule has 3 heterocycles. The van der Waals surface area contributed by atoms with Crippen LogP contribution in [0.2, 0.25) is 0 Å². The van der Waals surface area contributed by atoms with E-state index in [1.165, 1.54) is 11.3 Å². The molecule has 3 rings (SSSR count). The Morgan fingerprint density at radius 2 is 2.35 bits per heavy atom. The largest absolute Gasteiger partial charge is 0.476 e. The molecule has 0 saturated heterocycles. The quantitative estimate of drug-likeness (QED) is 0.739. The molecule has 0 aromatic carbocycles. The Morgan fingerprint density at radius 1 is 1.53 bits per heavy atom. The number of carboxylic acids is 1. The molecule has 0 aliphatic carbocycles. The number of hydrogen-bond donors (Lipinski definition) is 1. The molecule has 0 saturated carbocycles. The summed E-state index contributed by atoms with van der Waals surface area (Å²) in [6.07, 6.45) is 1.56. The van der Waals surface area contributed by atoms with Gasteiger partial charge in [-0.05, 0) is 17.2 Å².